The van der Waals surface area contributed by atoms with Crippen molar-refractivity contribution in [3.05, 3.63) is 67.1 Å². The predicted molar refractivity (Wildman–Crippen MR) is 79.6 cm³/mol. The van der Waals surface area contributed by atoms with E-state index in [1.165, 1.54) is 10.2 Å². The van der Waals surface area contributed by atoms with Gasteiger partial charge in [0.2, 0.25) is 0 Å². The zero-order valence-corrected chi connectivity index (χ0v) is 12.7. The van der Waals surface area contributed by atoms with Gasteiger partial charge >= 0.3 is 18.9 Å². The van der Waals surface area contributed by atoms with E-state index < -0.39 is 10.0 Å². The summed E-state index contributed by atoms with van der Waals surface area (Å²) < 4.78 is 32.2. The molecule has 0 unspecified atom stereocenters. The van der Waals surface area contributed by atoms with Gasteiger partial charge in [0.15, 0.2) is 0 Å². The van der Waals surface area contributed by atoms with E-state index in [2.05, 4.69) is 6.26 Å². The maximum Gasteiger partial charge on any atom is 1.00 e. The number of rotatable bonds is 2. The molecule has 0 fully saturated rings. The zero-order valence-electron chi connectivity index (χ0n) is 11.9. The molecule has 0 N–H and O–H groups in total. The van der Waals surface area contributed by atoms with Crippen molar-refractivity contribution in [3.63, 3.8) is 0 Å². The first-order valence-electron chi connectivity index (χ1n) is 6.38. The number of furan rings is 1. The normalized spacial score (nSPS) is 11.6. The Morgan fingerprint density at radius 3 is 2.36 bits per heavy atom. The summed E-state index contributed by atoms with van der Waals surface area (Å²) in [4.78, 5) is 0.238. The summed E-state index contributed by atoms with van der Waals surface area (Å²) in [6.45, 7) is 0. The molecular formula is C16H10LiNO3S. The second-order valence-corrected chi connectivity index (χ2v) is 6.49. The monoisotopic (exact) mass is 303 g/mol. The molecule has 6 heteroatoms. The fourth-order valence-electron chi connectivity index (χ4n) is 2.54. The van der Waals surface area contributed by atoms with Crippen molar-refractivity contribution >= 4 is 31.8 Å². The van der Waals surface area contributed by atoms with Crippen molar-refractivity contribution in [3.8, 4) is 0 Å². The van der Waals surface area contributed by atoms with E-state index >= 15 is 0 Å². The Kier molecular flexibility index (Phi) is 3.65. The van der Waals surface area contributed by atoms with Crippen molar-refractivity contribution in [2.24, 2.45) is 0 Å². The van der Waals surface area contributed by atoms with Gasteiger partial charge in [-0.25, -0.2) is 8.42 Å². The molecule has 0 saturated heterocycles. The molecule has 0 aliphatic carbocycles. The molecule has 0 aliphatic heterocycles. The second kappa shape index (κ2) is 5.36. The van der Waals surface area contributed by atoms with E-state index in [0.717, 1.165) is 10.8 Å². The molecule has 2 aromatic carbocycles. The molecule has 4 aromatic rings. The Morgan fingerprint density at radius 2 is 1.59 bits per heavy atom. The third-order valence-corrected chi connectivity index (χ3v) is 5.21. The van der Waals surface area contributed by atoms with Crippen LogP contribution in [0.2, 0.25) is 0 Å². The molecule has 0 radical (unpaired) electrons. The van der Waals surface area contributed by atoms with E-state index in [-0.39, 0.29) is 23.8 Å². The third-order valence-electron chi connectivity index (χ3n) is 3.49. The number of para-hydroxylation sites is 1. The molecule has 2 aromatic heterocycles. The summed E-state index contributed by atoms with van der Waals surface area (Å²) in [5.41, 5.74) is 1.05. The van der Waals surface area contributed by atoms with Crippen molar-refractivity contribution in [1.29, 1.82) is 0 Å². The van der Waals surface area contributed by atoms with Crippen LogP contribution in [0.25, 0.3) is 21.8 Å². The van der Waals surface area contributed by atoms with Crippen LogP contribution in [0.4, 0.5) is 0 Å². The van der Waals surface area contributed by atoms with Gasteiger partial charge in [-0.15, -0.1) is 5.39 Å². The molecule has 0 amide bonds. The molecule has 4 rings (SSSR count). The summed E-state index contributed by atoms with van der Waals surface area (Å²) in [7, 11) is -3.69. The van der Waals surface area contributed by atoms with E-state index in [9.17, 15) is 8.42 Å². The minimum atomic E-state index is -3.69. The average molecular weight is 303 g/mol. The van der Waals surface area contributed by atoms with E-state index in [1.54, 1.807) is 36.4 Å². The fraction of sp³-hybridized carbons (Fsp3) is 0. The van der Waals surface area contributed by atoms with E-state index in [1.807, 2.05) is 18.2 Å². The molecule has 0 bridgehead atoms. The zero-order chi connectivity index (χ0) is 14.4. The van der Waals surface area contributed by atoms with Crippen LogP contribution in [0.3, 0.4) is 0 Å². The first kappa shape index (κ1) is 15.0. The minimum absolute atomic E-state index is 0. The van der Waals surface area contributed by atoms with Gasteiger partial charge in [0, 0.05) is 11.8 Å². The Labute approximate surface area is 139 Å². The molecule has 0 atom stereocenters. The summed E-state index contributed by atoms with van der Waals surface area (Å²) in [5.74, 6) is 0. The van der Waals surface area contributed by atoms with Crippen LogP contribution in [-0.4, -0.2) is 12.4 Å². The Morgan fingerprint density at radius 1 is 0.909 bits per heavy atom. The van der Waals surface area contributed by atoms with Crippen molar-refractivity contribution in [2.45, 2.75) is 4.90 Å². The standard InChI is InChI=1S/C16H10NO3S.Li/c18-21(19,12-6-2-1-3-7-12)17-15-9-5-4-8-13(15)14-10-20-11-16(14)17;/h1-10H;/q-1;+1. The smallest absolute Gasteiger partial charge is 0.596 e. The van der Waals surface area contributed by atoms with Crippen LogP contribution in [0.15, 0.2) is 70.2 Å². The molecule has 0 spiro atoms. The first-order chi connectivity index (χ1) is 10.2. The van der Waals surface area contributed by atoms with Gasteiger partial charge in [0.25, 0.3) is 10.0 Å². The summed E-state index contributed by atoms with van der Waals surface area (Å²) in [6.07, 6.45) is 4.18. The molecule has 2 heterocycles. The minimum Gasteiger partial charge on any atom is -0.596 e. The van der Waals surface area contributed by atoms with Crippen molar-refractivity contribution in [2.75, 3.05) is 0 Å². The molecule has 4 nitrogen and oxygen atoms in total. The first-order valence-corrected chi connectivity index (χ1v) is 7.82. The van der Waals surface area contributed by atoms with Crippen molar-refractivity contribution < 1.29 is 31.7 Å². The number of aromatic nitrogens is 1. The fourth-order valence-corrected chi connectivity index (χ4v) is 4.05. The summed E-state index contributed by atoms with van der Waals surface area (Å²) in [5, 5.41) is 1.57. The molecule has 22 heavy (non-hydrogen) atoms. The number of fused-ring (bicyclic) bond motifs is 3. The van der Waals surface area contributed by atoms with Crippen LogP contribution >= 0.6 is 0 Å². The maximum absolute atomic E-state index is 12.9. The SMILES string of the molecule is O=S(=O)(c1ccccc1)n1c2[c-]occ2c2ccccc21.[Li+]. The number of nitrogens with zero attached hydrogens (tertiary/aromatic N) is 1. The van der Waals surface area contributed by atoms with Gasteiger partial charge in [-0.05, 0) is 23.7 Å². The van der Waals surface area contributed by atoms with Gasteiger partial charge < -0.3 is 4.42 Å². The topological polar surface area (TPSA) is 52.2 Å². The van der Waals surface area contributed by atoms with Gasteiger partial charge in [-0.1, -0.05) is 48.0 Å². The Hall–Kier alpha value is -1.93. The van der Waals surface area contributed by atoms with Gasteiger partial charge in [-0.2, -0.15) is 0 Å². The van der Waals surface area contributed by atoms with Gasteiger partial charge in [0.1, 0.15) is 0 Å². The van der Waals surface area contributed by atoms with Gasteiger partial charge in [0.05, 0.1) is 4.90 Å². The van der Waals surface area contributed by atoms with Crippen LogP contribution in [0.5, 0.6) is 0 Å². The Bertz CT molecular complexity index is 1050. The summed E-state index contributed by atoms with van der Waals surface area (Å²) in [6, 6.07) is 15.7. The maximum atomic E-state index is 12.9. The number of hydrogen-bond acceptors (Lipinski definition) is 3. The largest absolute Gasteiger partial charge is 1.00 e. The van der Waals surface area contributed by atoms with E-state index in [4.69, 9.17) is 4.42 Å². The van der Waals surface area contributed by atoms with Crippen LogP contribution in [-0.2, 0) is 10.0 Å². The van der Waals surface area contributed by atoms with Crippen LogP contribution in [0.1, 0.15) is 0 Å². The predicted octanol–water partition coefficient (Wildman–Crippen LogP) is 0.429. The van der Waals surface area contributed by atoms with E-state index in [0.29, 0.717) is 11.0 Å². The quantitative estimate of drug-likeness (QED) is 0.398. The molecule has 104 valence electrons. The second-order valence-electron chi connectivity index (χ2n) is 4.70. The molecule has 0 saturated carbocycles. The van der Waals surface area contributed by atoms with Gasteiger partial charge in [-0.3, -0.25) is 3.97 Å². The van der Waals surface area contributed by atoms with Crippen molar-refractivity contribution in [1.82, 2.24) is 3.97 Å². The number of benzene rings is 2. The molecule has 0 aliphatic rings. The average Bonchev–Trinajstić information content (AvgIpc) is 3.08. The Balaban J connectivity index is 0.00000144. The number of hydrogen-bond donors (Lipinski definition) is 0. The molecular weight excluding hydrogens is 293 g/mol. The third kappa shape index (κ3) is 2.02. The van der Waals surface area contributed by atoms with Crippen LogP contribution in [0, 0.1) is 6.26 Å². The van der Waals surface area contributed by atoms with Crippen LogP contribution < -0.4 is 18.9 Å². The summed E-state index contributed by atoms with van der Waals surface area (Å²) >= 11 is 0.